The van der Waals surface area contributed by atoms with E-state index in [1.54, 1.807) is 12.1 Å². The lowest BCUT2D eigenvalue weighted by Crippen LogP contribution is -2.03. The van der Waals surface area contributed by atoms with E-state index in [9.17, 15) is 4.79 Å². The van der Waals surface area contributed by atoms with Crippen molar-refractivity contribution in [3.05, 3.63) is 58.1 Å². The Bertz CT molecular complexity index is 591. The van der Waals surface area contributed by atoms with Gasteiger partial charge in [-0.25, -0.2) is 4.79 Å². The highest BCUT2D eigenvalue weighted by Crippen LogP contribution is 2.28. The van der Waals surface area contributed by atoms with Gasteiger partial charge >= 0.3 is 5.97 Å². The number of hydrogen-bond acceptors (Lipinski definition) is 3. The van der Waals surface area contributed by atoms with Crippen molar-refractivity contribution in [2.45, 2.75) is 6.92 Å². The third-order valence-corrected chi connectivity index (χ3v) is 3.09. The smallest absolute Gasteiger partial charge is 0.341 e. The number of carbonyl (C=O) groups excluding carboxylic acids is 1. The Hall–Kier alpha value is -1.81. The van der Waals surface area contributed by atoms with Gasteiger partial charge in [-0.2, -0.15) is 0 Å². The Morgan fingerprint density at radius 2 is 1.79 bits per heavy atom. The first-order chi connectivity index (χ1) is 9.10. The molecule has 2 aromatic rings. The summed E-state index contributed by atoms with van der Waals surface area (Å²) >= 11 is 3.33. The van der Waals surface area contributed by atoms with Crippen molar-refractivity contribution in [3.63, 3.8) is 0 Å². The summed E-state index contributed by atoms with van der Waals surface area (Å²) in [6.07, 6.45) is 0. The van der Waals surface area contributed by atoms with Gasteiger partial charge in [0.2, 0.25) is 0 Å². The number of ether oxygens (including phenoxy) is 2. The van der Waals surface area contributed by atoms with Gasteiger partial charge in [-0.3, -0.25) is 0 Å². The molecule has 0 radical (unpaired) electrons. The first-order valence-electron chi connectivity index (χ1n) is 5.72. The summed E-state index contributed by atoms with van der Waals surface area (Å²) < 4.78 is 11.3. The van der Waals surface area contributed by atoms with Crippen molar-refractivity contribution in [2.75, 3.05) is 7.11 Å². The average molecular weight is 321 g/mol. The second-order valence-corrected chi connectivity index (χ2v) is 4.96. The first kappa shape index (κ1) is 13.6. The zero-order chi connectivity index (χ0) is 13.8. The summed E-state index contributed by atoms with van der Waals surface area (Å²) in [6.45, 7) is 2.00. The molecule has 0 unspecified atom stereocenters. The quantitative estimate of drug-likeness (QED) is 0.789. The lowest BCUT2D eigenvalue weighted by Gasteiger charge is -2.10. The van der Waals surface area contributed by atoms with Crippen molar-refractivity contribution in [2.24, 2.45) is 0 Å². The largest absolute Gasteiger partial charge is 0.465 e. The SMILES string of the molecule is COC(=O)c1cc(Br)ccc1Oc1ccc(C)cc1. The maximum Gasteiger partial charge on any atom is 0.341 e. The third kappa shape index (κ3) is 3.35. The maximum atomic E-state index is 11.7. The number of halogens is 1. The molecule has 0 amide bonds. The van der Waals surface area contributed by atoms with Crippen LogP contribution in [0, 0.1) is 6.92 Å². The zero-order valence-corrected chi connectivity index (χ0v) is 12.2. The predicted octanol–water partition coefficient (Wildman–Crippen LogP) is 4.34. The van der Waals surface area contributed by atoms with Gasteiger partial charge in [0, 0.05) is 4.47 Å². The number of benzene rings is 2. The van der Waals surface area contributed by atoms with Crippen LogP contribution in [0.3, 0.4) is 0 Å². The molecule has 0 aliphatic rings. The first-order valence-corrected chi connectivity index (χ1v) is 6.52. The summed E-state index contributed by atoms with van der Waals surface area (Å²) in [7, 11) is 1.35. The van der Waals surface area contributed by atoms with Crippen molar-refractivity contribution in [3.8, 4) is 11.5 Å². The number of carbonyl (C=O) groups is 1. The number of aryl methyl sites for hydroxylation is 1. The van der Waals surface area contributed by atoms with Crippen LogP contribution in [-0.2, 0) is 4.74 Å². The van der Waals surface area contributed by atoms with E-state index in [1.807, 2.05) is 37.3 Å². The van der Waals surface area contributed by atoms with Gasteiger partial charge in [0.25, 0.3) is 0 Å². The Balaban J connectivity index is 2.34. The minimum absolute atomic E-state index is 0.387. The lowest BCUT2D eigenvalue weighted by atomic mass is 10.2. The van der Waals surface area contributed by atoms with E-state index in [0.717, 1.165) is 10.0 Å². The van der Waals surface area contributed by atoms with Crippen LogP contribution in [0.4, 0.5) is 0 Å². The number of methoxy groups -OCH3 is 1. The van der Waals surface area contributed by atoms with E-state index in [1.165, 1.54) is 7.11 Å². The van der Waals surface area contributed by atoms with Gasteiger partial charge in [-0.15, -0.1) is 0 Å². The van der Waals surface area contributed by atoms with Gasteiger partial charge in [0.1, 0.15) is 17.1 Å². The topological polar surface area (TPSA) is 35.5 Å². The highest BCUT2D eigenvalue weighted by molar-refractivity contribution is 9.10. The molecule has 2 aromatic carbocycles. The van der Waals surface area contributed by atoms with Crippen molar-refractivity contribution in [1.29, 1.82) is 0 Å². The minimum Gasteiger partial charge on any atom is -0.465 e. The van der Waals surface area contributed by atoms with Crippen LogP contribution in [0.25, 0.3) is 0 Å². The molecule has 0 aromatic heterocycles. The van der Waals surface area contributed by atoms with Crippen LogP contribution >= 0.6 is 15.9 Å². The van der Waals surface area contributed by atoms with Crippen molar-refractivity contribution in [1.82, 2.24) is 0 Å². The molecule has 3 nitrogen and oxygen atoms in total. The fourth-order valence-electron chi connectivity index (χ4n) is 1.59. The normalized spacial score (nSPS) is 10.1. The minimum atomic E-state index is -0.427. The Morgan fingerprint density at radius 3 is 2.42 bits per heavy atom. The van der Waals surface area contributed by atoms with E-state index in [4.69, 9.17) is 9.47 Å². The summed E-state index contributed by atoms with van der Waals surface area (Å²) in [5.74, 6) is 0.723. The van der Waals surface area contributed by atoms with E-state index >= 15 is 0 Å². The zero-order valence-electron chi connectivity index (χ0n) is 10.6. The molecule has 0 fully saturated rings. The summed E-state index contributed by atoms with van der Waals surface area (Å²) in [5.41, 5.74) is 1.54. The number of esters is 1. The molecule has 0 saturated heterocycles. The number of hydrogen-bond donors (Lipinski definition) is 0. The van der Waals surface area contributed by atoms with E-state index in [0.29, 0.717) is 17.1 Å². The molecule has 0 bridgehead atoms. The summed E-state index contributed by atoms with van der Waals surface area (Å²) in [6, 6.07) is 12.8. The van der Waals surface area contributed by atoms with E-state index < -0.39 is 5.97 Å². The predicted molar refractivity (Wildman–Crippen MR) is 76.7 cm³/mol. The van der Waals surface area contributed by atoms with Crippen LogP contribution in [0.5, 0.6) is 11.5 Å². The molecule has 2 rings (SSSR count). The van der Waals surface area contributed by atoms with Crippen LogP contribution in [0.15, 0.2) is 46.9 Å². The maximum absolute atomic E-state index is 11.7. The fourth-order valence-corrected chi connectivity index (χ4v) is 1.96. The lowest BCUT2D eigenvalue weighted by molar-refractivity contribution is 0.0598. The molecule has 4 heteroatoms. The Morgan fingerprint density at radius 1 is 1.11 bits per heavy atom. The van der Waals surface area contributed by atoms with Gasteiger partial charge in [0.05, 0.1) is 7.11 Å². The van der Waals surface area contributed by atoms with Gasteiger partial charge in [0.15, 0.2) is 0 Å². The molecule has 0 atom stereocenters. The second kappa shape index (κ2) is 5.89. The van der Waals surface area contributed by atoms with E-state index in [2.05, 4.69) is 15.9 Å². The third-order valence-electron chi connectivity index (χ3n) is 2.60. The molecule has 0 spiro atoms. The standard InChI is InChI=1S/C15H13BrO3/c1-10-3-6-12(7-4-10)19-14-8-5-11(16)9-13(14)15(17)18-2/h3-9H,1-2H3. The van der Waals surface area contributed by atoms with Crippen molar-refractivity contribution < 1.29 is 14.3 Å². The molecule has 19 heavy (non-hydrogen) atoms. The van der Waals surface area contributed by atoms with Crippen LogP contribution < -0.4 is 4.74 Å². The average Bonchev–Trinajstić information content (AvgIpc) is 2.42. The molecule has 0 heterocycles. The summed E-state index contributed by atoms with van der Waals surface area (Å²) in [4.78, 5) is 11.7. The Kier molecular flexibility index (Phi) is 4.22. The molecule has 0 aliphatic carbocycles. The molecule has 0 N–H and O–H groups in total. The molecule has 98 valence electrons. The van der Waals surface area contributed by atoms with Crippen molar-refractivity contribution >= 4 is 21.9 Å². The number of rotatable bonds is 3. The van der Waals surface area contributed by atoms with Gasteiger partial charge in [-0.1, -0.05) is 33.6 Å². The van der Waals surface area contributed by atoms with Crippen LogP contribution in [0.1, 0.15) is 15.9 Å². The molecular weight excluding hydrogens is 308 g/mol. The summed E-state index contributed by atoms with van der Waals surface area (Å²) in [5, 5.41) is 0. The van der Waals surface area contributed by atoms with E-state index in [-0.39, 0.29) is 0 Å². The Labute approximate surface area is 120 Å². The van der Waals surface area contributed by atoms with Crippen LogP contribution in [0.2, 0.25) is 0 Å². The van der Waals surface area contributed by atoms with Gasteiger partial charge < -0.3 is 9.47 Å². The molecule has 0 aliphatic heterocycles. The highest BCUT2D eigenvalue weighted by atomic mass is 79.9. The second-order valence-electron chi connectivity index (χ2n) is 4.05. The monoisotopic (exact) mass is 320 g/mol. The fraction of sp³-hybridized carbons (Fsp3) is 0.133. The molecular formula is C15H13BrO3. The van der Waals surface area contributed by atoms with Crippen LogP contribution in [-0.4, -0.2) is 13.1 Å². The van der Waals surface area contributed by atoms with Gasteiger partial charge in [-0.05, 0) is 37.3 Å². The highest BCUT2D eigenvalue weighted by Gasteiger charge is 2.14. The molecule has 0 saturated carbocycles.